The summed E-state index contributed by atoms with van der Waals surface area (Å²) in [6, 6.07) is 7.57. The quantitative estimate of drug-likeness (QED) is 0.814. The average molecular weight is 309 g/mol. The first-order chi connectivity index (χ1) is 10.2. The molecule has 2 rings (SSSR count). The molecule has 0 saturated heterocycles. The minimum absolute atomic E-state index is 0.181. The highest BCUT2D eigenvalue weighted by atomic mass is 35.5. The number of aryl methyl sites for hydroxylation is 1. The number of aromatic nitrogens is 3. The molecule has 2 aromatic rings. The molecule has 114 valence electrons. The third-order valence-electron chi connectivity index (χ3n) is 3.23. The van der Waals surface area contributed by atoms with Gasteiger partial charge in [-0.1, -0.05) is 18.5 Å². The van der Waals surface area contributed by atoms with Gasteiger partial charge >= 0.3 is 0 Å². The van der Waals surface area contributed by atoms with Crippen LogP contribution in [0.25, 0.3) is 0 Å². The molecule has 1 aromatic heterocycles. The molecule has 0 saturated carbocycles. The number of hydrogen-bond acceptors (Lipinski definition) is 4. The minimum atomic E-state index is 0.181. The fourth-order valence-electron chi connectivity index (χ4n) is 2.04. The Labute approximate surface area is 130 Å². The van der Waals surface area contributed by atoms with Crippen molar-refractivity contribution >= 4 is 11.6 Å². The van der Waals surface area contributed by atoms with E-state index in [1.807, 2.05) is 36.0 Å². The van der Waals surface area contributed by atoms with Crippen molar-refractivity contribution in [3.8, 4) is 5.75 Å². The summed E-state index contributed by atoms with van der Waals surface area (Å²) in [6.45, 7) is 3.59. The van der Waals surface area contributed by atoms with Crippen molar-refractivity contribution < 1.29 is 4.74 Å². The number of nitrogens with one attached hydrogen (secondary N) is 1. The Kier molecular flexibility index (Phi) is 6.02. The van der Waals surface area contributed by atoms with Gasteiger partial charge in [-0.2, -0.15) is 5.10 Å². The number of rotatable bonds is 8. The average Bonchev–Trinajstić information content (AvgIpc) is 2.92. The van der Waals surface area contributed by atoms with Gasteiger partial charge in [0, 0.05) is 24.0 Å². The van der Waals surface area contributed by atoms with Crippen LogP contribution in [0.2, 0.25) is 5.02 Å². The number of likely N-dealkylation sites (N-methyl/N-ethyl adjacent to an activating group) is 1. The van der Waals surface area contributed by atoms with Gasteiger partial charge in [-0.3, -0.25) is 4.68 Å². The van der Waals surface area contributed by atoms with Crippen LogP contribution < -0.4 is 10.1 Å². The minimum Gasteiger partial charge on any atom is -0.492 e. The van der Waals surface area contributed by atoms with Gasteiger partial charge in [-0.15, -0.1) is 0 Å². The van der Waals surface area contributed by atoms with Gasteiger partial charge in [-0.25, -0.2) is 4.98 Å². The van der Waals surface area contributed by atoms with Gasteiger partial charge < -0.3 is 10.1 Å². The van der Waals surface area contributed by atoms with E-state index in [0.717, 1.165) is 31.0 Å². The van der Waals surface area contributed by atoms with Crippen LogP contribution in [0.3, 0.4) is 0 Å². The van der Waals surface area contributed by atoms with Gasteiger partial charge in [0.1, 0.15) is 24.5 Å². The molecule has 6 heteroatoms. The number of nitrogens with zero attached hydrogens (tertiary/aromatic N) is 3. The Morgan fingerprint density at radius 1 is 1.33 bits per heavy atom. The molecule has 0 amide bonds. The largest absolute Gasteiger partial charge is 0.492 e. The lowest BCUT2D eigenvalue weighted by molar-refractivity contribution is 0.266. The second-order valence-electron chi connectivity index (χ2n) is 4.85. The molecule has 21 heavy (non-hydrogen) atoms. The first-order valence-corrected chi connectivity index (χ1v) is 7.53. The highest BCUT2D eigenvalue weighted by Gasteiger charge is 2.13. The van der Waals surface area contributed by atoms with E-state index in [1.54, 1.807) is 6.33 Å². The topological polar surface area (TPSA) is 52.0 Å². The third kappa shape index (κ3) is 4.72. The summed E-state index contributed by atoms with van der Waals surface area (Å²) < 4.78 is 7.74. The Hall–Kier alpha value is -1.59. The van der Waals surface area contributed by atoms with E-state index in [2.05, 4.69) is 22.3 Å². The van der Waals surface area contributed by atoms with Crippen molar-refractivity contribution in [1.82, 2.24) is 20.1 Å². The summed E-state index contributed by atoms with van der Waals surface area (Å²) in [5.74, 6) is 1.80. The molecule has 0 fully saturated rings. The van der Waals surface area contributed by atoms with Crippen LogP contribution >= 0.6 is 11.6 Å². The predicted molar refractivity (Wildman–Crippen MR) is 83.8 cm³/mol. The van der Waals surface area contributed by atoms with Crippen molar-refractivity contribution in [3.05, 3.63) is 41.4 Å². The van der Waals surface area contributed by atoms with Crippen LogP contribution in [0.4, 0.5) is 0 Å². The maximum atomic E-state index is 5.86. The van der Waals surface area contributed by atoms with E-state index < -0.39 is 0 Å². The molecule has 1 unspecified atom stereocenters. The van der Waals surface area contributed by atoms with Gasteiger partial charge in [0.05, 0.1) is 0 Å². The van der Waals surface area contributed by atoms with E-state index in [1.165, 1.54) is 0 Å². The molecule has 0 aliphatic carbocycles. The summed E-state index contributed by atoms with van der Waals surface area (Å²) in [6.07, 6.45) is 3.43. The SMILES string of the molecule is CCCn1ncnc1CC(COc1ccc(Cl)cc1)NC. The third-order valence-corrected chi connectivity index (χ3v) is 3.49. The van der Waals surface area contributed by atoms with E-state index in [0.29, 0.717) is 11.6 Å². The molecule has 0 spiro atoms. The maximum Gasteiger partial charge on any atom is 0.138 e. The van der Waals surface area contributed by atoms with E-state index in [4.69, 9.17) is 16.3 Å². The lowest BCUT2D eigenvalue weighted by Gasteiger charge is -2.17. The van der Waals surface area contributed by atoms with Crippen molar-refractivity contribution in [1.29, 1.82) is 0 Å². The molecule has 0 aliphatic heterocycles. The molecule has 5 nitrogen and oxygen atoms in total. The molecule has 0 radical (unpaired) electrons. The standard InChI is InChI=1S/C15H21ClN4O/c1-3-8-20-15(18-11-19-20)9-13(17-2)10-21-14-6-4-12(16)5-7-14/h4-7,11,13,17H,3,8-10H2,1-2H3. The lowest BCUT2D eigenvalue weighted by Crippen LogP contribution is -2.34. The first-order valence-electron chi connectivity index (χ1n) is 7.15. The van der Waals surface area contributed by atoms with E-state index in [-0.39, 0.29) is 6.04 Å². The summed E-state index contributed by atoms with van der Waals surface area (Å²) in [4.78, 5) is 4.33. The lowest BCUT2D eigenvalue weighted by atomic mass is 10.2. The van der Waals surface area contributed by atoms with Crippen LogP contribution in [-0.4, -0.2) is 34.5 Å². The summed E-state index contributed by atoms with van der Waals surface area (Å²) in [7, 11) is 1.93. The zero-order valence-corrected chi connectivity index (χ0v) is 13.2. The Morgan fingerprint density at radius 2 is 2.10 bits per heavy atom. The second-order valence-corrected chi connectivity index (χ2v) is 5.29. The van der Waals surface area contributed by atoms with Gasteiger partial charge in [0.25, 0.3) is 0 Å². The van der Waals surface area contributed by atoms with Crippen molar-refractivity contribution in [2.75, 3.05) is 13.7 Å². The molecular weight excluding hydrogens is 288 g/mol. The Balaban J connectivity index is 1.90. The fraction of sp³-hybridized carbons (Fsp3) is 0.467. The summed E-state index contributed by atoms with van der Waals surface area (Å²) >= 11 is 5.86. The van der Waals surface area contributed by atoms with E-state index >= 15 is 0 Å². The van der Waals surface area contributed by atoms with Crippen LogP contribution in [0, 0.1) is 0 Å². The Bertz CT molecular complexity index is 541. The smallest absolute Gasteiger partial charge is 0.138 e. The van der Waals surface area contributed by atoms with Crippen LogP contribution in [0.15, 0.2) is 30.6 Å². The van der Waals surface area contributed by atoms with Crippen molar-refractivity contribution in [3.63, 3.8) is 0 Å². The van der Waals surface area contributed by atoms with Gasteiger partial charge in [0.2, 0.25) is 0 Å². The zero-order valence-electron chi connectivity index (χ0n) is 12.4. The number of halogens is 1. The maximum absolute atomic E-state index is 5.86. The van der Waals surface area contributed by atoms with Crippen molar-refractivity contribution in [2.45, 2.75) is 32.4 Å². The molecule has 1 aromatic carbocycles. The normalized spacial score (nSPS) is 12.3. The van der Waals surface area contributed by atoms with Crippen LogP contribution in [0.5, 0.6) is 5.75 Å². The zero-order chi connectivity index (χ0) is 15.1. The highest BCUT2D eigenvalue weighted by molar-refractivity contribution is 6.30. The van der Waals surface area contributed by atoms with Gasteiger partial charge in [0.15, 0.2) is 0 Å². The Morgan fingerprint density at radius 3 is 2.76 bits per heavy atom. The van der Waals surface area contributed by atoms with Crippen molar-refractivity contribution in [2.24, 2.45) is 0 Å². The number of hydrogen-bond donors (Lipinski definition) is 1. The fourth-order valence-corrected chi connectivity index (χ4v) is 2.16. The second kappa shape index (κ2) is 8.00. The van der Waals surface area contributed by atoms with Crippen LogP contribution in [0.1, 0.15) is 19.2 Å². The summed E-state index contributed by atoms with van der Waals surface area (Å²) in [5, 5.41) is 8.21. The number of ether oxygens (including phenoxy) is 1. The van der Waals surface area contributed by atoms with Gasteiger partial charge in [-0.05, 0) is 37.7 Å². The highest BCUT2D eigenvalue weighted by Crippen LogP contribution is 2.15. The monoisotopic (exact) mass is 308 g/mol. The molecule has 0 bridgehead atoms. The van der Waals surface area contributed by atoms with Crippen LogP contribution in [-0.2, 0) is 13.0 Å². The van der Waals surface area contributed by atoms with E-state index in [9.17, 15) is 0 Å². The first kappa shape index (κ1) is 15.8. The molecule has 1 N–H and O–H groups in total. The molecule has 1 atom stereocenters. The number of benzene rings is 1. The predicted octanol–water partition coefficient (Wildman–Crippen LogP) is 2.55. The molecule has 0 aliphatic rings. The molecular formula is C15H21ClN4O. The summed E-state index contributed by atoms with van der Waals surface area (Å²) in [5.41, 5.74) is 0. The molecule has 1 heterocycles.